The van der Waals surface area contributed by atoms with Crippen molar-refractivity contribution in [1.82, 2.24) is 14.8 Å². The van der Waals surface area contributed by atoms with E-state index in [0.717, 1.165) is 31.6 Å². The third-order valence-corrected chi connectivity index (χ3v) is 3.84. The minimum absolute atomic E-state index is 0.106. The van der Waals surface area contributed by atoms with Gasteiger partial charge in [0.1, 0.15) is 5.82 Å². The molecule has 2 N–H and O–H groups in total. The summed E-state index contributed by atoms with van der Waals surface area (Å²) in [6.45, 7) is 0.984. The maximum atomic E-state index is 12.0. The molecule has 0 unspecified atom stereocenters. The topological polar surface area (TPSA) is 83.0 Å². The molecule has 2 heterocycles. The average molecular weight is 307 g/mol. The molecule has 0 amide bonds. The Morgan fingerprint density at radius 1 is 1.38 bits per heavy atom. The summed E-state index contributed by atoms with van der Waals surface area (Å²) in [6, 6.07) is 4.66. The van der Waals surface area contributed by atoms with Crippen molar-refractivity contribution < 1.29 is 9.53 Å². The van der Waals surface area contributed by atoms with E-state index < -0.39 is 5.97 Å². The Hall–Kier alpha value is -2.08. The number of nitrogens with two attached hydrogens (primary N) is 1. The monoisotopic (exact) mass is 306 g/mol. The summed E-state index contributed by atoms with van der Waals surface area (Å²) >= 11 is 5.82. The van der Waals surface area contributed by atoms with Crippen LogP contribution in [0.2, 0.25) is 5.02 Å². The maximum absolute atomic E-state index is 12.0. The number of halogens is 1. The summed E-state index contributed by atoms with van der Waals surface area (Å²) in [5.74, 6) is 1.19. The Morgan fingerprint density at radius 3 is 3.05 bits per heavy atom. The number of carbonyl (C=O) groups is 1. The molecule has 0 atom stereocenters. The summed E-state index contributed by atoms with van der Waals surface area (Å²) in [7, 11) is 0. The van der Waals surface area contributed by atoms with Crippen LogP contribution < -0.4 is 5.73 Å². The number of aryl methyl sites for hydroxylation is 1. The minimum Gasteiger partial charge on any atom is -0.454 e. The van der Waals surface area contributed by atoms with E-state index in [1.807, 2.05) is 4.57 Å². The summed E-state index contributed by atoms with van der Waals surface area (Å²) in [5, 5.41) is 8.62. The standard InChI is InChI=1S/C14H15ClN4O2/c15-10-5-4-9(7-11(10)16)14(20)21-8-13-18-17-12-3-1-2-6-19(12)13/h4-5,7H,1-3,6,8,16H2. The zero-order chi connectivity index (χ0) is 14.8. The van der Waals surface area contributed by atoms with Gasteiger partial charge in [0.05, 0.1) is 16.3 Å². The summed E-state index contributed by atoms with van der Waals surface area (Å²) in [6.07, 6.45) is 3.15. The van der Waals surface area contributed by atoms with E-state index in [9.17, 15) is 4.79 Å². The van der Waals surface area contributed by atoms with Gasteiger partial charge in [-0.05, 0) is 31.0 Å². The number of rotatable bonds is 3. The van der Waals surface area contributed by atoms with Crippen LogP contribution in [-0.2, 0) is 24.3 Å². The average Bonchev–Trinajstić information content (AvgIpc) is 2.91. The number of ether oxygens (including phenoxy) is 1. The Kier molecular flexibility index (Phi) is 3.79. The molecule has 1 aromatic carbocycles. The first-order chi connectivity index (χ1) is 10.1. The van der Waals surface area contributed by atoms with Crippen molar-refractivity contribution in [1.29, 1.82) is 0 Å². The molecule has 0 saturated heterocycles. The lowest BCUT2D eigenvalue weighted by Crippen LogP contribution is -2.15. The third kappa shape index (κ3) is 2.85. The molecule has 0 saturated carbocycles. The first-order valence-corrected chi connectivity index (χ1v) is 7.16. The fourth-order valence-electron chi connectivity index (χ4n) is 2.36. The Bertz CT molecular complexity index is 684. The van der Waals surface area contributed by atoms with Crippen molar-refractivity contribution in [2.45, 2.75) is 32.4 Å². The highest BCUT2D eigenvalue weighted by atomic mass is 35.5. The van der Waals surface area contributed by atoms with Crippen molar-refractivity contribution in [2.75, 3.05) is 5.73 Å². The number of carbonyl (C=O) groups excluding carboxylic acids is 1. The number of nitrogen functional groups attached to an aromatic ring is 1. The molecule has 1 aliphatic heterocycles. The number of hydrogen-bond donors (Lipinski definition) is 1. The smallest absolute Gasteiger partial charge is 0.338 e. The van der Waals surface area contributed by atoms with Gasteiger partial charge in [-0.2, -0.15) is 0 Å². The van der Waals surface area contributed by atoms with Gasteiger partial charge < -0.3 is 15.0 Å². The van der Waals surface area contributed by atoms with Gasteiger partial charge in [-0.3, -0.25) is 0 Å². The van der Waals surface area contributed by atoms with Crippen molar-refractivity contribution >= 4 is 23.3 Å². The van der Waals surface area contributed by atoms with Gasteiger partial charge in [0.2, 0.25) is 0 Å². The molecule has 0 spiro atoms. The zero-order valence-electron chi connectivity index (χ0n) is 11.4. The molecule has 3 rings (SSSR count). The lowest BCUT2D eigenvalue weighted by molar-refractivity contribution is 0.0457. The number of hydrogen-bond acceptors (Lipinski definition) is 5. The van der Waals surface area contributed by atoms with E-state index in [4.69, 9.17) is 22.1 Å². The number of aromatic nitrogens is 3. The van der Waals surface area contributed by atoms with Crippen molar-refractivity contribution in [3.8, 4) is 0 Å². The number of esters is 1. The molecule has 110 valence electrons. The van der Waals surface area contributed by atoms with Gasteiger partial charge in [0.15, 0.2) is 12.4 Å². The van der Waals surface area contributed by atoms with Gasteiger partial charge in [-0.25, -0.2) is 4.79 Å². The molecular weight excluding hydrogens is 292 g/mol. The van der Waals surface area contributed by atoms with Gasteiger partial charge in [0.25, 0.3) is 0 Å². The predicted octanol–water partition coefficient (Wildman–Crippen LogP) is 2.21. The van der Waals surface area contributed by atoms with Gasteiger partial charge >= 0.3 is 5.97 Å². The third-order valence-electron chi connectivity index (χ3n) is 3.50. The van der Waals surface area contributed by atoms with Crippen LogP contribution in [0.15, 0.2) is 18.2 Å². The highest BCUT2D eigenvalue weighted by Gasteiger charge is 2.17. The molecule has 1 aliphatic rings. The first kappa shape index (κ1) is 13.9. The highest BCUT2D eigenvalue weighted by molar-refractivity contribution is 6.33. The van der Waals surface area contributed by atoms with Crippen LogP contribution in [0.25, 0.3) is 0 Å². The van der Waals surface area contributed by atoms with Crippen molar-refractivity contribution in [3.63, 3.8) is 0 Å². The van der Waals surface area contributed by atoms with Gasteiger partial charge in [0, 0.05) is 13.0 Å². The van der Waals surface area contributed by atoms with Crippen LogP contribution in [0, 0.1) is 0 Å². The van der Waals surface area contributed by atoms with Crippen molar-refractivity contribution in [3.05, 3.63) is 40.4 Å². The van der Waals surface area contributed by atoms with E-state index in [1.165, 1.54) is 6.07 Å². The number of anilines is 1. The second-order valence-corrected chi connectivity index (χ2v) is 5.36. The van der Waals surface area contributed by atoms with Crippen LogP contribution in [-0.4, -0.2) is 20.7 Å². The highest BCUT2D eigenvalue weighted by Crippen LogP contribution is 2.20. The van der Waals surface area contributed by atoms with Crippen LogP contribution in [0.5, 0.6) is 0 Å². The SMILES string of the molecule is Nc1cc(C(=O)OCc2nnc3n2CCCC3)ccc1Cl. The summed E-state index contributed by atoms with van der Waals surface area (Å²) < 4.78 is 7.29. The summed E-state index contributed by atoms with van der Waals surface area (Å²) in [5.41, 5.74) is 6.40. The minimum atomic E-state index is -0.452. The van der Waals surface area contributed by atoms with Crippen LogP contribution in [0.1, 0.15) is 34.8 Å². The largest absolute Gasteiger partial charge is 0.454 e. The molecule has 0 radical (unpaired) electrons. The van der Waals surface area contributed by atoms with Crippen LogP contribution in [0.4, 0.5) is 5.69 Å². The van der Waals surface area contributed by atoms with E-state index in [1.54, 1.807) is 12.1 Å². The number of nitrogens with zero attached hydrogens (tertiary/aromatic N) is 3. The molecule has 7 heteroatoms. The molecule has 0 fully saturated rings. The Morgan fingerprint density at radius 2 is 2.24 bits per heavy atom. The first-order valence-electron chi connectivity index (χ1n) is 6.78. The lowest BCUT2D eigenvalue weighted by Gasteiger charge is -2.14. The molecule has 0 aliphatic carbocycles. The Labute approximate surface area is 126 Å². The zero-order valence-corrected chi connectivity index (χ0v) is 12.1. The fourth-order valence-corrected chi connectivity index (χ4v) is 2.48. The van der Waals surface area contributed by atoms with E-state index >= 15 is 0 Å². The van der Waals surface area contributed by atoms with E-state index in [0.29, 0.717) is 22.1 Å². The van der Waals surface area contributed by atoms with Crippen molar-refractivity contribution in [2.24, 2.45) is 0 Å². The fraction of sp³-hybridized carbons (Fsp3) is 0.357. The molecule has 6 nitrogen and oxygen atoms in total. The summed E-state index contributed by atoms with van der Waals surface area (Å²) in [4.78, 5) is 12.0. The second kappa shape index (κ2) is 5.73. The van der Waals surface area contributed by atoms with E-state index in [2.05, 4.69) is 10.2 Å². The predicted molar refractivity (Wildman–Crippen MR) is 77.9 cm³/mol. The number of fused-ring (bicyclic) bond motifs is 1. The van der Waals surface area contributed by atoms with Gasteiger partial charge in [-0.1, -0.05) is 11.6 Å². The number of benzene rings is 1. The second-order valence-electron chi connectivity index (χ2n) is 4.95. The molecule has 2 aromatic rings. The lowest BCUT2D eigenvalue weighted by atomic mass is 10.2. The normalized spacial score (nSPS) is 13.8. The van der Waals surface area contributed by atoms with Crippen LogP contribution in [0.3, 0.4) is 0 Å². The van der Waals surface area contributed by atoms with Crippen LogP contribution >= 0.6 is 11.6 Å². The molecule has 0 bridgehead atoms. The molecule has 21 heavy (non-hydrogen) atoms. The maximum Gasteiger partial charge on any atom is 0.338 e. The quantitative estimate of drug-likeness (QED) is 0.694. The Balaban J connectivity index is 1.68. The molecular formula is C14H15ClN4O2. The van der Waals surface area contributed by atoms with Gasteiger partial charge in [-0.15, -0.1) is 10.2 Å². The van der Waals surface area contributed by atoms with E-state index in [-0.39, 0.29) is 6.61 Å². The molecule has 1 aromatic heterocycles.